The Labute approximate surface area is 92.0 Å². The van der Waals surface area contributed by atoms with Crippen LogP contribution in [-0.2, 0) is 0 Å². The van der Waals surface area contributed by atoms with Gasteiger partial charge in [0.2, 0.25) is 0 Å². The number of rotatable bonds is 0. The zero-order valence-electron chi connectivity index (χ0n) is 8.84. The van der Waals surface area contributed by atoms with Crippen molar-refractivity contribution in [2.24, 2.45) is 0 Å². The summed E-state index contributed by atoms with van der Waals surface area (Å²) in [6.07, 6.45) is 1.74. The number of benzene rings is 1. The molecule has 2 aromatic heterocycles. The molecule has 0 bridgehead atoms. The second-order valence-electron chi connectivity index (χ2n) is 3.82. The van der Waals surface area contributed by atoms with Crippen molar-refractivity contribution in [1.29, 1.82) is 0 Å². The molecule has 0 fully saturated rings. The summed E-state index contributed by atoms with van der Waals surface area (Å²) in [6, 6.07) is 11.2. The molecule has 0 unspecified atom stereocenters. The van der Waals surface area contributed by atoms with Gasteiger partial charge in [0.15, 0.2) is 0 Å². The molecule has 16 heavy (non-hydrogen) atoms. The van der Waals surface area contributed by atoms with Crippen molar-refractivity contribution in [3.8, 4) is 0 Å². The van der Waals surface area contributed by atoms with Crippen molar-refractivity contribution in [3.05, 3.63) is 58.5 Å². The van der Waals surface area contributed by atoms with Crippen molar-refractivity contribution in [3.63, 3.8) is 0 Å². The fourth-order valence-corrected chi connectivity index (χ4v) is 1.92. The molecule has 0 radical (unpaired) electrons. The summed E-state index contributed by atoms with van der Waals surface area (Å²) >= 11 is 0. The number of hydrogen-bond acceptors (Lipinski definition) is 2. The van der Waals surface area contributed by atoms with Crippen LogP contribution in [0.2, 0.25) is 0 Å². The van der Waals surface area contributed by atoms with E-state index in [-0.39, 0.29) is 5.56 Å². The lowest BCUT2D eigenvalue weighted by atomic mass is 10.1. The molecule has 0 aliphatic carbocycles. The maximum absolute atomic E-state index is 12.2. The number of fused-ring (bicyclic) bond motifs is 2. The maximum Gasteiger partial charge on any atom is 0.265 e. The average molecular weight is 210 g/mol. The number of pyridine rings is 1. The van der Waals surface area contributed by atoms with Crippen LogP contribution in [-0.4, -0.2) is 9.38 Å². The largest absolute Gasteiger partial charge is 0.268 e. The number of nitrogens with zero attached hydrogens (tertiary/aromatic N) is 2. The Morgan fingerprint density at radius 2 is 2.00 bits per heavy atom. The molecule has 1 aromatic carbocycles. The van der Waals surface area contributed by atoms with Crippen molar-refractivity contribution >= 4 is 16.6 Å². The SMILES string of the molecule is Cc1cccc2c(=O)n3ccccc3nc12. The first-order chi connectivity index (χ1) is 7.77. The van der Waals surface area contributed by atoms with Crippen LogP contribution < -0.4 is 5.56 Å². The third kappa shape index (κ3) is 1.15. The zero-order valence-corrected chi connectivity index (χ0v) is 8.84. The smallest absolute Gasteiger partial charge is 0.265 e. The Bertz CT molecular complexity index is 744. The second-order valence-corrected chi connectivity index (χ2v) is 3.82. The van der Waals surface area contributed by atoms with Crippen LogP contribution >= 0.6 is 0 Å². The van der Waals surface area contributed by atoms with Crippen molar-refractivity contribution in [1.82, 2.24) is 9.38 Å². The first-order valence-corrected chi connectivity index (χ1v) is 5.14. The highest BCUT2D eigenvalue weighted by atomic mass is 16.1. The van der Waals surface area contributed by atoms with Crippen LogP contribution in [0.5, 0.6) is 0 Å². The molecule has 3 nitrogen and oxygen atoms in total. The second kappa shape index (κ2) is 3.17. The molecular formula is C13H10N2O. The molecule has 0 spiro atoms. The van der Waals surface area contributed by atoms with Gasteiger partial charge in [-0.2, -0.15) is 0 Å². The van der Waals surface area contributed by atoms with Crippen LogP contribution in [0.3, 0.4) is 0 Å². The minimum absolute atomic E-state index is 0.00991. The quantitative estimate of drug-likeness (QED) is 0.533. The summed E-state index contributed by atoms with van der Waals surface area (Å²) in [5, 5.41) is 0.670. The van der Waals surface area contributed by atoms with Crippen molar-refractivity contribution < 1.29 is 0 Å². The summed E-state index contributed by atoms with van der Waals surface area (Å²) in [5.74, 6) is 0. The molecular weight excluding hydrogens is 200 g/mol. The highest BCUT2D eigenvalue weighted by Gasteiger charge is 2.05. The predicted octanol–water partition coefficient (Wildman–Crippen LogP) is 2.16. The lowest BCUT2D eigenvalue weighted by Crippen LogP contribution is -2.15. The van der Waals surface area contributed by atoms with Gasteiger partial charge in [0, 0.05) is 6.20 Å². The summed E-state index contributed by atoms with van der Waals surface area (Å²) < 4.78 is 1.57. The molecule has 3 rings (SSSR count). The monoisotopic (exact) mass is 210 g/mol. The van der Waals surface area contributed by atoms with Gasteiger partial charge in [-0.05, 0) is 30.7 Å². The van der Waals surface area contributed by atoms with Crippen LogP contribution in [0.1, 0.15) is 5.56 Å². The molecule has 0 aliphatic heterocycles. The molecule has 0 saturated carbocycles. The van der Waals surface area contributed by atoms with E-state index in [4.69, 9.17) is 0 Å². The van der Waals surface area contributed by atoms with E-state index < -0.39 is 0 Å². The number of aryl methyl sites for hydroxylation is 1. The highest BCUT2D eigenvalue weighted by Crippen LogP contribution is 2.13. The topological polar surface area (TPSA) is 34.4 Å². The van der Waals surface area contributed by atoms with Gasteiger partial charge in [0.1, 0.15) is 5.65 Å². The summed E-state index contributed by atoms with van der Waals surface area (Å²) in [7, 11) is 0. The van der Waals surface area contributed by atoms with Crippen LogP contribution in [0, 0.1) is 6.92 Å². The third-order valence-corrected chi connectivity index (χ3v) is 2.75. The first kappa shape index (κ1) is 9.09. The van der Waals surface area contributed by atoms with Gasteiger partial charge < -0.3 is 0 Å². The van der Waals surface area contributed by atoms with Crippen molar-refractivity contribution in [2.75, 3.05) is 0 Å². The Morgan fingerprint density at radius 3 is 2.88 bits per heavy atom. The van der Waals surface area contributed by atoms with Crippen LogP contribution in [0.25, 0.3) is 16.6 Å². The molecule has 0 atom stereocenters. The Kier molecular flexibility index (Phi) is 1.80. The lowest BCUT2D eigenvalue weighted by molar-refractivity contribution is 1.08. The van der Waals surface area contributed by atoms with E-state index in [1.807, 2.05) is 43.3 Å². The summed E-state index contributed by atoms with van der Waals surface area (Å²) in [4.78, 5) is 16.7. The molecule has 0 saturated heterocycles. The molecule has 3 heteroatoms. The highest BCUT2D eigenvalue weighted by molar-refractivity contribution is 5.82. The molecule has 3 aromatic rings. The van der Waals surface area contributed by atoms with E-state index in [0.717, 1.165) is 11.1 Å². The first-order valence-electron chi connectivity index (χ1n) is 5.14. The van der Waals surface area contributed by atoms with Gasteiger partial charge in [-0.3, -0.25) is 9.20 Å². The summed E-state index contributed by atoms with van der Waals surface area (Å²) in [5.41, 5.74) is 2.50. The fourth-order valence-electron chi connectivity index (χ4n) is 1.92. The van der Waals surface area contributed by atoms with Crippen LogP contribution in [0.15, 0.2) is 47.4 Å². The molecule has 0 aliphatic rings. The fraction of sp³-hybridized carbons (Fsp3) is 0.0769. The Balaban J connectivity index is 2.67. The van der Waals surface area contributed by atoms with Gasteiger partial charge >= 0.3 is 0 Å². The van der Waals surface area contributed by atoms with E-state index in [0.29, 0.717) is 11.0 Å². The number of para-hydroxylation sites is 1. The van der Waals surface area contributed by atoms with E-state index in [9.17, 15) is 4.79 Å². The molecule has 78 valence electrons. The molecule has 2 heterocycles. The van der Waals surface area contributed by atoms with Gasteiger partial charge in [-0.1, -0.05) is 18.2 Å². The Hall–Kier alpha value is -2.16. The third-order valence-electron chi connectivity index (χ3n) is 2.75. The minimum Gasteiger partial charge on any atom is -0.268 e. The van der Waals surface area contributed by atoms with E-state index in [1.165, 1.54) is 0 Å². The Morgan fingerprint density at radius 1 is 1.12 bits per heavy atom. The van der Waals surface area contributed by atoms with Gasteiger partial charge in [-0.25, -0.2) is 4.98 Å². The predicted molar refractivity (Wildman–Crippen MR) is 63.7 cm³/mol. The van der Waals surface area contributed by atoms with E-state index in [1.54, 1.807) is 10.6 Å². The van der Waals surface area contributed by atoms with E-state index in [2.05, 4.69) is 4.98 Å². The van der Waals surface area contributed by atoms with Gasteiger partial charge in [-0.15, -0.1) is 0 Å². The number of aromatic nitrogens is 2. The van der Waals surface area contributed by atoms with E-state index >= 15 is 0 Å². The van der Waals surface area contributed by atoms with Gasteiger partial charge in [0.05, 0.1) is 10.9 Å². The molecule has 0 N–H and O–H groups in total. The average Bonchev–Trinajstić information content (AvgIpc) is 2.31. The minimum atomic E-state index is -0.00991. The summed E-state index contributed by atoms with van der Waals surface area (Å²) in [6.45, 7) is 1.97. The molecule has 0 amide bonds. The maximum atomic E-state index is 12.2. The normalized spacial score (nSPS) is 11.1. The zero-order chi connectivity index (χ0) is 11.1. The number of hydrogen-bond donors (Lipinski definition) is 0. The standard InChI is InChI=1S/C13H10N2O/c1-9-5-4-6-10-12(9)14-11-7-2-3-8-15(11)13(10)16/h2-8H,1H3. The van der Waals surface area contributed by atoms with Crippen LogP contribution in [0.4, 0.5) is 0 Å². The van der Waals surface area contributed by atoms with Crippen molar-refractivity contribution in [2.45, 2.75) is 6.92 Å². The lowest BCUT2D eigenvalue weighted by Gasteiger charge is -2.04. The van der Waals surface area contributed by atoms with Gasteiger partial charge in [0.25, 0.3) is 5.56 Å².